The van der Waals surface area contributed by atoms with Crippen molar-refractivity contribution < 1.29 is 13.9 Å². The first-order valence-electron chi connectivity index (χ1n) is 4.33. The number of ether oxygens (including phenoxy) is 1. The molecule has 0 spiro atoms. The summed E-state index contributed by atoms with van der Waals surface area (Å²) in [6.45, 7) is 0.285. The minimum Gasteiger partial charge on any atom is -0.375 e. The van der Waals surface area contributed by atoms with Crippen LogP contribution in [0.25, 0.3) is 0 Å². The van der Waals surface area contributed by atoms with E-state index in [0.717, 1.165) is 4.47 Å². The Kier molecular flexibility index (Phi) is 4.71. The number of carbonyl (C=O) groups is 1. The van der Waals surface area contributed by atoms with Gasteiger partial charge in [-0.2, -0.15) is 0 Å². The van der Waals surface area contributed by atoms with Crippen LogP contribution in [-0.2, 0) is 16.1 Å². The van der Waals surface area contributed by atoms with E-state index in [1.807, 2.05) is 0 Å². The first-order chi connectivity index (χ1) is 7.13. The van der Waals surface area contributed by atoms with Crippen LogP contribution >= 0.6 is 15.9 Å². The maximum Gasteiger partial charge on any atom is 0.246 e. The predicted molar refractivity (Wildman–Crippen MR) is 57.8 cm³/mol. The van der Waals surface area contributed by atoms with Gasteiger partial charge in [0.2, 0.25) is 5.91 Å². The lowest BCUT2D eigenvalue weighted by Crippen LogP contribution is -2.26. The van der Waals surface area contributed by atoms with Crippen LogP contribution in [0.1, 0.15) is 5.56 Å². The number of hydrogen-bond donors (Lipinski definition) is 1. The van der Waals surface area contributed by atoms with Crippen molar-refractivity contribution in [3.8, 4) is 0 Å². The molecule has 82 valence electrons. The van der Waals surface area contributed by atoms with Crippen molar-refractivity contribution in [2.24, 2.45) is 0 Å². The summed E-state index contributed by atoms with van der Waals surface area (Å²) in [5, 5.41) is 2.61. The molecule has 0 heterocycles. The summed E-state index contributed by atoms with van der Waals surface area (Å²) in [5.74, 6) is -0.553. The largest absolute Gasteiger partial charge is 0.375 e. The van der Waals surface area contributed by atoms with E-state index >= 15 is 0 Å². The van der Waals surface area contributed by atoms with Crippen molar-refractivity contribution in [2.75, 3.05) is 13.7 Å². The summed E-state index contributed by atoms with van der Waals surface area (Å²) >= 11 is 3.27. The lowest BCUT2D eigenvalue weighted by atomic mass is 10.2. The van der Waals surface area contributed by atoms with Crippen LogP contribution in [0.5, 0.6) is 0 Å². The number of hydrogen-bond acceptors (Lipinski definition) is 2. The van der Waals surface area contributed by atoms with E-state index in [1.165, 1.54) is 19.2 Å². The Hall–Kier alpha value is -0.940. The van der Waals surface area contributed by atoms with Gasteiger partial charge in [-0.15, -0.1) is 0 Å². The van der Waals surface area contributed by atoms with Crippen LogP contribution in [0.15, 0.2) is 22.7 Å². The molecule has 0 atom stereocenters. The minimum atomic E-state index is -0.325. The van der Waals surface area contributed by atoms with Gasteiger partial charge in [0.25, 0.3) is 0 Å². The second-order valence-electron chi connectivity index (χ2n) is 2.95. The molecule has 0 aliphatic carbocycles. The number of methoxy groups -OCH3 is 1. The zero-order chi connectivity index (χ0) is 11.3. The highest BCUT2D eigenvalue weighted by molar-refractivity contribution is 9.10. The molecule has 0 aromatic heterocycles. The van der Waals surface area contributed by atoms with E-state index in [1.54, 1.807) is 6.07 Å². The van der Waals surface area contributed by atoms with E-state index in [9.17, 15) is 9.18 Å². The van der Waals surface area contributed by atoms with Crippen molar-refractivity contribution in [2.45, 2.75) is 6.54 Å². The Morgan fingerprint density at radius 1 is 1.60 bits per heavy atom. The quantitative estimate of drug-likeness (QED) is 0.911. The van der Waals surface area contributed by atoms with Crippen molar-refractivity contribution in [3.63, 3.8) is 0 Å². The molecule has 5 heteroatoms. The van der Waals surface area contributed by atoms with Gasteiger partial charge in [-0.1, -0.05) is 15.9 Å². The first kappa shape index (κ1) is 12.1. The number of rotatable bonds is 4. The average Bonchev–Trinajstić information content (AvgIpc) is 2.20. The van der Waals surface area contributed by atoms with E-state index in [4.69, 9.17) is 0 Å². The van der Waals surface area contributed by atoms with Gasteiger partial charge >= 0.3 is 0 Å². The molecule has 1 amide bonds. The lowest BCUT2D eigenvalue weighted by molar-refractivity contribution is -0.124. The number of nitrogens with one attached hydrogen (secondary N) is 1. The number of amides is 1. The zero-order valence-corrected chi connectivity index (χ0v) is 9.80. The second kappa shape index (κ2) is 5.82. The van der Waals surface area contributed by atoms with Crippen LogP contribution in [0, 0.1) is 5.82 Å². The maximum absolute atomic E-state index is 12.9. The van der Waals surface area contributed by atoms with Crippen molar-refractivity contribution >= 4 is 21.8 Å². The van der Waals surface area contributed by atoms with Gasteiger partial charge in [0.1, 0.15) is 12.4 Å². The highest BCUT2D eigenvalue weighted by atomic mass is 79.9. The molecule has 0 saturated heterocycles. The van der Waals surface area contributed by atoms with Crippen molar-refractivity contribution in [3.05, 3.63) is 34.1 Å². The molecule has 15 heavy (non-hydrogen) atoms. The molecule has 0 saturated carbocycles. The fourth-order valence-corrected chi connectivity index (χ4v) is 1.44. The summed E-state index contributed by atoms with van der Waals surface area (Å²) in [7, 11) is 1.44. The maximum atomic E-state index is 12.9. The second-order valence-corrected chi connectivity index (χ2v) is 3.80. The van der Waals surface area contributed by atoms with Gasteiger partial charge in [-0.05, 0) is 23.8 Å². The molecule has 0 unspecified atom stereocenters. The summed E-state index contributed by atoms with van der Waals surface area (Å²) in [5.41, 5.74) is 0.694. The number of halogens is 2. The molecule has 0 aliphatic heterocycles. The van der Waals surface area contributed by atoms with Crippen LogP contribution < -0.4 is 5.32 Å². The fourth-order valence-electron chi connectivity index (χ4n) is 1.05. The summed E-state index contributed by atoms with van der Waals surface area (Å²) in [6, 6.07) is 4.33. The Balaban J connectivity index is 2.57. The van der Waals surface area contributed by atoms with Gasteiger partial charge in [0.05, 0.1) is 0 Å². The molecule has 0 fully saturated rings. The monoisotopic (exact) mass is 275 g/mol. The van der Waals surface area contributed by atoms with Gasteiger partial charge in [-0.25, -0.2) is 4.39 Å². The average molecular weight is 276 g/mol. The highest BCUT2D eigenvalue weighted by Gasteiger charge is 2.04. The summed E-state index contributed by atoms with van der Waals surface area (Å²) in [6.07, 6.45) is 0. The third kappa shape index (κ3) is 3.97. The Bertz CT molecular complexity index is 357. The Labute approximate surface area is 95.7 Å². The topological polar surface area (TPSA) is 38.3 Å². The summed E-state index contributed by atoms with van der Waals surface area (Å²) < 4.78 is 18.3. The Morgan fingerprint density at radius 3 is 3.00 bits per heavy atom. The van der Waals surface area contributed by atoms with E-state index in [2.05, 4.69) is 26.0 Å². The lowest BCUT2D eigenvalue weighted by Gasteiger charge is -2.06. The van der Waals surface area contributed by atoms with Gasteiger partial charge < -0.3 is 10.1 Å². The third-order valence-corrected chi connectivity index (χ3v) is 2.53. The van der Waals surface area contributed by atoms with Crippen molar-refractivity contribution in [1.82, 2.24) is 5.32 Å². The number of benzene rings is 1. The van der Waals surface area contributed by atoms with Crippen LogP contribution in [0.2, 0.25) is 0 Å². The van der Waals surface area contributed by atoms with E-state index < -0.39 is 0 Å². The highest BCUT2D eigenvalue weighted by Crippen LogP contribution is 2.17. The van der Waals surface area contributed by atoms with Gasteiger partial charge in [-0.3, -0.25) is 4.79 Å². The van der Waals surface area contributed by atoms with Crippen molar-refractivity contribution in [1.29, 1.82) is 0 Å². The molecule has 3 nitrogen and oxygen atoms in total. The molecule has 1 rings (SSSR count). The first-order valence-corrected chi connectivity index (χ1v) is 5.12. The van der Waals surface area contributed by atoms with Crippen LogP contribution in [-0.4, -0.2) is 19.6 Å². The SMILES string of the molecule is COCC(=O)NCc1cc(F)ccc1Br. The smallest absolute Gasteiger partial charge is 0.246 e. The molecular weight excluding hydrogens is 265 g/mol. The molecular formula is C10H11BrFNO2. The molecule has 0 radical (unpaired) electrons. The number of carbonyl (C=O) groups excluding carboxylic acids is 1. The minimum absolute atomic E-state index is 0.00688. The molecule has 0 aliphatic rings. The standard InChI is InChI=1S/C10H11BrFNO2/c1-15-6-10(14)13-5-7-4-8(12)2-3-9(7)11/h2-4H,5-6H2,1H3,(H,13,14). The summed E-state index contributed by atoms with van der Waals surface area (Å²) in [4.78, 5) is 11.1. The third-order valence-electron chi connectivity index (χ3n) is 1.76. The predicted octanol–water partition coefficient (Wildman–Crippen LogP) is 1.85. The molecule has 1 aromatic rings. The van der Waals surface area contributed by atoms with Gasteiger partial charge in [0.15, 0.2) is 0 Å². The molecule has 1 aromatic carbocycles. The molecule has 1 N–H and O–H groups in total. The normalized spacial score (nSPS) is 10.1. The van der Waals surface area contributed by atoms with E-state index in [-0.39, 0.29) is 24.9 Å². The molecule has 0 bridgehead atoms. The fraction of sp³-hybridized carbons (Fsp3) is 0.300. The van der Waals surface area contributed by atoms with Gasteiger partial charge in [0, 0.05) is 18.1 Å². The zero-order valence-electron chi connectivity index (χ0n) is 8.22. The van der Waals surface area contributed by atoms with Crippen LogP contribution in [0.3, 0.4) is 0 Å². The van der Waals surface area contributed by atoms with Crippen LogP contribution in [0.4, 0.5) is 4.39 Å². The Morgan fingerprint density at radius 2 is 2.33 bits per heavy atom. The van der Waals surface area contributed by atoms with E-state index in [0.29, 0.717) is 5.56 Å².